The quantitative estimate of drug-likeness (QED) is 0.0907. The van der Waals surface area contributed by atoms with Gasteiger partial charge in [-0.3, -0.25) is 10.5 Å². The molecule has 13 heteroatoms. The number of nitrogens with two attached hydrogens (primary N) is 4. The first kappa shape index (κ1) is 42.1. The van der Waals surface area contributed by atoms with Gasteiger partial charge >= 0.3 is 5.97 Å². The number of ketones is 1. The molecule has 2 saturated carbocycles. The minimum absolute atomic E-state index is 0.0446. The van der Waals surface area contributed by atoms with Gasteiger partial charge in [0.1, 0.15) is 30.2 Å². The number of fused-ring (bicyclic) bond motifs is 2. The summed E-state index contributed by atoms with van der Waals surface area (Å²) < 4.78 is 20.7. The SMILES string of the molecule is CC=C(C[NH2+]CC)C(=O)OC1CC2C(O)C3C(=O)CC(CO)OC3C(C(CC3CCCC(O)C3)C3CCNC(N)C3)C2OC1(C)CCC1CCC(N)[NH2+]C1. The van der Waals surface area contributed by atoms with Crippen molar-refractivity contribution < 1.29 is 49.8 Å². The van der Waals surface area contributed by atoms with Crippen molar-refractivity contribution in [2.75, 3.05) is 32.8 Å². The van der Waals surface area contributed by atoms with Crippen molar-refractivity contribution in [1.82, 2.24) is 5.32 Å². The average molecular weight is 764 g/mol. The Morgan fingerprint density at radius 1 is 1.13 bits per heavy atom. The number of aliphatic hydroxyl groups excluding tert-OH is 3. The van der Waals surface area contributed by atoms with Crippen LogP contribution in [0.25, 0.3) is 0 Å². The molecular weight excluding hydrogens is 690 g/mol. The molecule has 0 amide bonds. The number of esters is 1. The molecule has 6 rings (SSSR count). The van der Waals surface area contributed by atoms with E-state index in [2.05, 4.69) is 29.8 Å². The molecule has 6 fully saturated rings. The largest absolute Gasteiger partial charge is 0.456 e. The van der Waals surface area contributed by atoms with E-state index in [4.69, 9.17) is 25.7 Å². The molecule has 0 aromatic rings. The monoisotopic (exact) mass is 764 g/mol. The van der Waals surface area contributed by atoms with E-state index in [1.807, 2.05) is 13.0 Å². The first-order valence-electron chi connectivity index (χ1n) is 21.5. The Labute approximate surface area is 322 Å². The molecule has 0 aromatic heterocycles. The molecule has 12 N–H and O–H groups in total. The number of ether oxygens (including phenoxy) is 3. The number of allylic oxidation sites excluding steroid dienone is 1. The Hall–Kier alpha value is -1.52. The maximum atomic E-state index is 14.1. The van der Waals surface area contributed by atoms with Crippen molar-refractivity contribution in [3.8, 4) is 0 Å². The van der Waals surface area contributed by atoms with Gasteiger partial charge in [0.05, 0.1) is 67.9 Å². The van der Waals surface area contributed by atoms with E-state index in [0.29, 0.717) is 36.8 Å². The predicted molar refractivity (Wildman–Crippen MR) is 202 cm³/mol. The molecule has 0 radical (unpaired) electrons. The summed E-state index contributed by atoms with van der Waals surface area (Å²) in [5.41, 5.74) is 12.5. The van der Waals surface area contributed by atoms with Gasteiger partial charge in [0, 0.05) is 30.6 Å². The maximum absolute atomic E-state index is 14.1. The molecule has 4 aliphatic heterocycles. The molecule has 13 nitrogen and oxygen atoms in total. The lowest BCUT2D eigenvalue weighted by Crippen LogP contribution is -2.95. The van der Waals surface area contributed by atoms with Crippen LogP contribution in [0.2, 0.25) is 0 Å². The third-order valence-electron chi connectivity index (χ3n) is 14.4. The highest BCUT2D eigenvalue weighted by Crippen LogP contribution is 2.55. The van der Waals surface area contributed by atoms with Crippen molar-refractivity contribution in [3.63, 3.8) is 0 Å². The van der Waals surface area contributed by atoms with E-state index in [0.717, 1.165) is 83.8 Å². The fourth-order valence-electron chi connectivity index (χ4n) is 11.4. The van der Waals surface area contributed by atoms with Crippen molar-refractivity contribution in [3.05, 3.63) is 11.6 Å². The highest BCUT2D eigenvalue weighted by atomic mass is 16.6. The normalized spacial score (nSPS) is 43.9. The third kappa shape index (κ3) is 9.60. The lowest BCUT2D eigenvalue weighted by atomic mass is 9.56. The van der Waals surface area contributed by atoms with Gasteiger partial charge in [-0.1, -0.05) is 18.9 Å². The summed E-state index contributed by atoms with van der Waals surface area (Å²) in [6.45, 7) is 8.80. The summed E-state index contributed by atoms with van der Waals surface area (Å²) in [5.74, 6) is -0.937. The summed E-state index contributed by atoms with van der Waals surface area (Å²) in [7, 11) is 0. The Balaban J connectivity index is 1.39. The standard InChI is InChI=1S/C41H71N5O8/c1-4-25(21-44-5-2)40(51)53-32-19-30-37(50)36-31(49)18-28(22-47)52-39(36)35(38(30)54-41(32,3)13-11-23-9-10-33(42)46-20-23)29(26-12-14-45-34(43)17-26)16-24-7-6-8-27(48)15-24/h4,23-24,26-30,32-39,44-48,50H,5-22,42-43H2,1-3H3/p+2. The van der Waals surface area contributed by atoms with Crippen LogP contribution in [-0.4, -0.2) is 114 Å². The van der Waals surface area contributed by atoms with Crippen LogP contribution in [0, 0.1) is 41.4 Å². The predicted octanol–water partition coefficient (Wildman–Crippen LogP) is -0.202. The molecule has 16 unspecified atom stereocenters. The number of Topliss-reactive ketones (excluding diaryl/α,β-unsaturated/α-hetero) is 1. The number of aliphatic hydroxyl groups is 3. The molecule has 4 saturated heterocycles. The lowest BCUT2D eigenvalue weighted by molar-refractivity contribution is -0.703. The molecule has 0 bridgehead atoms. The smallest absolute Gasteiger partial charge is 0.339 e. The van der Waals surface area contributed by atoms with Crippen molar-refractivity contribution in [2.24, 2.45) is 52.9 Å². The molecule has 6 aliphatic rings. The molecule has 0 spiro atoms. The van der Waals surface area contributed by atoms with E-state index in [9.17, 15) is 24.9 Å². The Morgan fingerprint density at radius 3 is 2.63 bits per heavy atom. The topological polar surface area (TPSA) is 220 Å². The summed E-state index contributed by atoms with van der Waals surface area (Å²) in [6.07, 6.45) is 8.09. The zero-order valence-corrected chi connectivity index (χ0v) is 33.2. The third-order valence-corrected chi connectivity index (χ3v) is 14.4. The Morgan fingerprint density at radius 2 is 1.94 bits per heavy atom. The number of carbonyl (C=O) groups excluding carboxylic acids is 2. The minimum Gasteiger partial charge on any atom is -0.456 e. The summed E-state index contributed by atoms with van der Waals surface area (Å²) in [6, 6.07) is 0. The number of likely N-dealkylation sites (N-methyl/N-ethyl adjacent to an activating group) is 1. The van der Waals surface area contributed by atoms with Crippen LogP contribution in [0.3, 0.4) is 0 Å². The summed E-state index contributed by atoms with van der Waals surface area (Å²) >= 11 is 0. The number of nitrogens with one attached hydrogen (secondary N) is 1. The highest BCUT2D eigenvalue weighted by molar-refractivity contribution is 5.88. The van der Waals surface area contributed by atoms with Crippen LogP contribution >= 0.6 is 0 Å². The van der Waals surface area contributed by atoms with Crippen LogP contribution < -0.4 is 27.4 Å². The molecule has 308 valence electrons. The maximum Gasteiger partial charge on any atom is 0.339 e. The van der Waals surface area contributed by atoms with Crippen LogP contribution in [0.5, 0.6) is 0 Å². The van der Waals surface area contributed by atoms with Crippen molar-refractivity contribution in [2.45, 2.75) is 159 Å². The fraction of sp³-hybridized carbons (Fsp3) is 0.902. The van der Waals surface area contributed by atoms with Gasteiger partial charge in [-0.25, -0.2) is 4.79 Å². The van der Waals surface area contributed by atoms with Gasteiger partial charge in [-0.2, -0.15) is 0 Å². The molecule has 4 heterocycles. The number of hydrogen-bond donors (Lipinski definition) is 8. The number of hydrogen-bond acceptors (Lipinski definition) is 11. The van der Waals surface area contributed by atoms with E-state index < -0.39 is 48.0 Å². The average Bonchev–Trinajstić information content (AvgIpc) is 3.15. The van der Waals surface area contributed by atoms with Gasteiger partial charge in [0.25, 0.3) is 0 Å². The number of piperidine rings is 2. The molecule has 2 aliphatic carbocycles. The molecule has 0 aromatic carbocycles. The lowest BCUT2D eigenvalue weighted by Gasteiger charge is -2.60. The zero-order chi connectivity index (χ0) is 38.6. The number of rotatable bonds is 13. The van der Waals surface area contributed by atoms with E-state index >= 15 is 0 Å². The van der Waals surface area contributed by atoms with E-state index in [-0.39, 0.29) is 61.0 Å². The van der Waals surface area contributed by atoms with Crippen LogP contribution in [0.4, 0.5) is 0 Å². The summed E-state index contributed by atoms with van der Waals surface area (Å²) in [4.78, 5) is 27.9. The Bertz CT molecular complexity index is 1280. The first-order valence-corrected chi connectivity index (χ1v) is 21.5. The second-order valence-corrected chi connectivity index (χ2v) is 18.1. The molecular formula is C41H73N5O8+2. The number of carbonyl (C=O) groups is 2. The highest BCUT2D eigenvalue weighted by Gasteiger charge is 2.63. The van der Waals surface area contributed by atoms with Crippen LogP contribution in [0.15, 0.2) is 11.6 Å². The van der Waals surface area contributed by atoms with Crippen molar-refractivity contribution in [1.29, 1.82) is 0 Å². The van der Waals surface area contributed by atoms with Crippen molar-refractivity contribution >= 4 is 11.8 Å². The van der Waals surface area contributed by atoms with Gasteiger partial charge in [-0.05, 0) is 103 Å². The molecule has 54 heavy (non-hydrogen) atoms. The van der Waals surface area contributed by atoms with Gasteiger partial charge < -0.3 is 51.2 Å². The number of quaternary nitrogens is 2. The molecule has 16 atom stereocenters. The van der Waals surface area contributed by atoms with E-state index in [1.165, 1.54) is 0 Å². The van der Waals surface area contributed by atoms with Crippen LogP contribution in [-0.2, 0) is 23.8 Å². The fourth-order valence-corrected chi connectivity index (χ4v) is 11.4. The first-order chi connectivity index (χ1) is 25.9. The minimum atomic E-state index is -1.05. The van der Waals surface area contributed by atoms with Gasteiger partial charge in [0.15, 0.2) is 0 Å². The van der Waals surface area contributed by atoms with E-state index in [1.54, 1.807) is 0 Å². The van der Waals surface area contributed by atoms with Gasteiger partial charge in [-0.15, -0.1) is 0 Å². The zero-order valence-electron chi connectivity index (χ0n) is 33.2. The Kier molecular flexibility index (Phi) is 14.7. The second-order valence-electron chi connectivity index (χ2n) is 18.1. The second kappa shape index (κ2) is 18.8. The van der Waals surface area contributed by atoms with Crippen LogP contribution in [0.1, 0.15) is 104 Å². The summed E-state index contributed by atoms with van der Waals surface area (Å²) in [5, 5.41) is 41.1. The van der Waals surface area contributed by atoms with Gasteiger partial charge in [0.2, 0.25) is 0 Å².